The fourth-order valence-corrected chi connectivity index (χ4v) is 2.42. The Morgan fingerprint density at radius 2 is 1.77 bits per heavy atom. The maximum absolute atomic E-state index is 14.3. The van der Waals surface area contributed by atoms with E-state index in [2.05, 4.69) is 27.4 Å². The van der Waals surface area contributed by atoms with Crippen LogP contribution in [0, 0.1) is 18.2 Å². The predicted octanol–water partition coefficient (Wildman–Crippen LogP) is 5.35. The Morgan fingerprint density at radius 1 is 1.09 bits per heavy atom. The Balaban J connectivity index is 2.70. The van der Waals surface area contributed by atoms with Crippen LogP contribution in [0.1, 0.15) is 37.5 Å². The van der Waals surface area contributed by atoms with Gasteiger partial charge < -0.3 is 5.11 Å². The molecule has 22 heavy (non-hydrogen) atoms. The lowest BCUT2D eigenvalue weighted by atomic mass is 9.80. The van der Waals surface area contributed by atoms with Crippen LogP contribution in [0.25, 0.3) is 16.7 Å². The molecule has 2 aromatic rings. The highest BCUT2D eigenvalue weighted by Gasteiger charge is 2.21. The topological polar surface area (TPSA) is 20.2 Å². The quantitative estimate of drug-likeness (QED) is 0.809. The zero-order chi connectivity index (χ0) is 16.5. The first-order valence-corrected chi connectivity index (χ1v) is 7.44. The molecule has 1 N–H and O–H groups in total. The summed E-state index contributed by atoms with van der Waals surface area (Å²) in [6.07, 6.45) is 0. The zero-order valence-corrected chi connectivity index (χ0v) is 13.7. The van der Waals surface area contributed by atoms with E-state index in [9.17, 15) is 9.50 Å². The minimum atomic E-state index is -0.245. The summed E-state index contributed by atoms with van der Waals surface area (Å²) < 4.78 is 14.3. The average Bonchev–Trinajstić information content (AvgIpc) is 2.47. The average molecular weight is 298 g/mol. The van der Waals surface area contributed by atoms with Crippen LogP contribution in [0.2, 0.25) is 0 Å². The van der Waals surface area contributed by atoms with E-state index in [0.717, 1.165) is 27.8 Å². The summed E-state index contributed by atoms with van der Waals surface area (Å²) in [5, 5.41) is 9.40. The second-order valence-electron chi connectivity index (χ2n) is 6.75. The number of hydrogen-bond donors (Lipinski definition) is 1. The first-order chi connectivity index (χ1) is 10.2. The normalized spacial score (nSPS) is 11.5. The number of hydrogen-bond acceptors (Lipinski definition) is 1. The number of aliphatic hydroxyl groups is 1. The molecule has 0 saturated carbocycles. The minimum Gasteiger partial charge on any atom is -0.392 e. The summed E-state index contributed by atoms with van der Waals surface area (Å²) in [5.41, 5.74) is 4.89. The Kier molecular flexibility index (Phi) is 4.52. The Labute approximate surface area is 132 Å². The number of rotatable bonds is 3. The van der Waals surface area contributed by atoms with E-state index in [1.165, 1.54) is 6.07 Å². The third-order valence-electron chi connectivity index (χ3n) is 3.91. The molecule has 0 aliphatic rings. The van der Waals surface area contributed by atoms with Gasteiger partial charge >= 0.3 is 0 Å². The van der Waals surface area contributed by atoms with Crippen molar-refractivity contribution in [3.8, 4) is 11.1 Å². The SMILES string of the molecule is C=C(c1cc(CO)ccc1-c1cc(C)ccc1F)C(C)(C)C. The maximum Gasteiger partial charge on any atom is 0.131 e. The summed E-state index contributed by atoms with van der Waals surface area (Å²) in [6.45, 7) is 12.4. The van der Waals surface area contributed by atoms with Gasteiger partial charge in [-0.2, -0.15) is 0 Å². The molecule has 2 rings (SSSR count). The van der Waals surface area contributed by atoms with Crippen molar-refractivity contribution in [2.24, 2.45) is 5.41 Å². The smallest absolute Gasteiger partial charge is 0.131 e. The van der Waals surface area contributed by atoms with Crippen molar-refractivity contribution < 1.29 is 9.50 Å². The van der Waals surface area contributed by atoms with E-state index in [0.29, 0.717) is 5.56 Å². The standard InChI is InChI=1S/C20H23FO/c1-13-6-9-19(21)18(10-13)16-8-7-15(12-22)11-17(16)14(2)20(3,4)5/h6-11,22H,2,12H2,1,3-5H3. The van der Waals surface area contributed by atoms with E-state index in [4.69, 9.17) is 0 Å². The summed E-state index contributed by atoms with van der Waals surface area (Å²) in [5.74, 6) is -0.245. The van der Waals surface area contributed by atoms with Crippen LogP contribution in [-0.4, -0.2) is 5.11 Å². The fraction of sp³-hybridized carbons (Fsp3) is 0.300. The van der Waals surface area contributed by atoms with Gasteiger partial charge in [0.05, 0.1) is 6.61 Å². The van der Waals surface area contributed by atoms with Crippen molar-refractivity contribution in [1.29, 1.82) is 0 Å². The van der Waals surface area contributed by atoms with Crippen LogP contribution in [0.15, 0.2) is 43.0 Å². The van der Waals surface area contributed by atoms with Crippen molar-refractivity contribution in [3.05, 3.63) is 65.5 Å². The van der Waals surface area contributed by atoms with Gasteiger partial charge in [0.2, 0.25) is 0 Å². The van der Waals surface area contributed by atoms with Crippen LogP contribution in [-0.2, 0) is 6.61 Å². The Hall–Kier alpha value is -1.93. The number of halogens is 1. The van der Waals surface area contributed by atoms with E-state index >= 15 is 0 Å². The minimum absolute atomic E-state index is 0.0407. The van der Waals surface area contributed by atoms with Gasteiger partial charge in [-0.25, -0.2) is 4.39 Å². The molecule has 0 saturated heterocycles. The highest BCUT2D eigenvalue weighted by Crippen LogP contribution is 2.39. The van der Waals surface area contributed by atoms with Crippen LogP contribution in [0.4, 0.5) is 4.39 Å². The first kappa shape index (κ1) is 16.4. The van der Waals surface area contributed by atoms with E-state index in [-0.39, 0.29) is 17.8 Å². The van der Waals surface area contributed by atoms with E-state index < -0.39 is 0 Å². The Bertz CT molecular complexity index is 708. The second-order valence-corrected chi connectivity index (χ2v) is 6.75. The largest absolute Gasteiger partial charge is 0.392 e. The van der Waals surface area contributed by atoms with E-state index in [1.54, 1.807) is 6.07 Å². The highest BCUT2D eigenvalue weighted by molar-refractivity contribution is 5.83. The van der Waals surface area contributed by atoms with Crippen LogP contribution in [0.3, 0.4) is 0 Å². The molecular weight excluding hydrogens is 275 g/mol. The molecule has 0 aromatic heterocycles. The summed E-state index contributed by atoms with van der Waals surface area (Å²) >= 11 is 0. The number of aliphatic hydroxyl groups excluding tert-OH is 1. The monoisotopic (exact) mass is 298 g/mol. The lowest BCUT2D eigenvalue weighted by Crippen LogP contribution is -2.09. The second kappa shape index (κ2) is 6.05. The van der Waals surface area contributed by atoms with Gasteiger partial charge in [-0.15, -0.1) is 0 Å². The molecule has 0 amide bonds. The van der Waals surface area contributed by atoms with Crippen molar-refractivity contribution in [2.75, 3.05) is 0 Å². The van der Waals surface area contributed by atoms with Gasteiger partial charge in [0, 0.05) is 5.56 Å². The van der Waals surface area contributed by atoms with Gasteiger partial charge in [0.15, 0.2) is 0 Å². The summed E-state index contributed by atoms with van der Waals surface area (Å²) in [4.78, 5) is 0. The van der Waals surface area contributed by atoms with Gasteiger partial charge in [0.25, 0.3) is 0 Å². The van der Waals surface area contributed by atoms with Gasteiger partial charge in [0.1, 0.15) is 5.82 Å². The predicted molar refractivity (Wildman–Crippen MR) is 91.0 cm³/mol. The molecule has 0 heterocycles. The van der Waals surface area contributed by atoms with Gasteiger partial charge in [-0.3, -0.25) is 0 Å². The molecule has 116 valence electrons. The fourth-order valence-electron chi connectivity index (χ4n) is 2.42. The van der Waals surface area contributed by atoms with Crippen LogP contribution in [0.5, 0.6) is 0 Å². The van der Waals surface area contributed by atoms with Crippen molar-refractivity contribution in [1.82, 2.24) is 0 Å². The third kappa shape index (κ3) is 3.28. The molecule has 0 unspecified atom stereocenters. The summed E-state index contributed by atoms with van der Waals surface area (Å²) in [6, 6.07) is 10.7. The molecular formula is C20H23FO. The molecule has 1 nitrogen and oxygen atoms in total. The number of aryl methyl sites for hydroxylation is 1. The van der Waals surface area contributed by atoms with E-state index in [1.807, 2.05) is 31.2 Å². The van der Waals surface area contributed by atoms with Crippen LogP contribution >= 0.6 is 0 Å². The van der Waals surface area contributed by atoms with Crippen LogP contribution < -0.4 is 0 Å². The lowest BCUT2D eigenvalue weighted by molar-refractivity contribution is 0.282. The molecule has 0 aliphatic heterocycles. The number of benzene rings is 2. The van der Waals surface area contributed by atoms with Crippen molar-refractivity contribution in [3.63, 3.8) is 0 Å². The molecule has 0 radical (unpaired) electrons. The molecule has 0 atom stereocenters. The molecule has 0 spiro atoms. The van der Waals surface area contributed by atoms with Gasteiger partial charge in [-0.05, 0) is 52.8 Å². The van der Waals surface area contributed by atoms with Crippen molar-refractivity contribution in [2.45, 2.75) is 34.3 Å². The number of allylic oxidation sites excluding steroid dienone is 1. The summed E-state index contributed by atoms with van der Waals surface area (Å²) in [7, 11) is 0. The molecule has 0 aliphatic carbocycles. The highest BCUT2D eigenvalue weighted by atomic mass is 19.1. The molecule has 2 heteroatoms. The van der Waals surface area contributed by atoms with Gasteiger partial charge in [-0.1, -0.05) is 51.1 Å². The molecule has 0 bridgehead atoms. The third-order valence-corrected chi connectivity index (χ3v) is 3.91. The molecule has 0 fully saturated rings. The van der Waals surface area contributed by atoms with Crippen molar-refractivity contribution >= 4 is 5.57 Å². The zero-order valence-electron chi connectivity index (χ0n) is 13.7. The maximum atomic E-state index is 14.3. The molecule has 2 aromatic carbocycles. The first-order valence-electron chi connectivity index (χ1n) is 7.44. The lowest BCUT2D eigenvalue weighted by Gasteiger charge is -2.25. The Morgan fingerprint density at radius 3 is 2.36 bits per heavy atom.